The molecule has 1 aliphatic heterocycles. The summed E-state index contributed by atoms with van der Waals surface area (Å²) in [7, 11) is 0. The van der Waals surface area contributed by atoms with Crippen molar-refractivity contribution < 1.29 is 19.1 Å². The van der Waals surface area contributed by atoms with E-state index in [4.69, 9.17) is 9.47 Å². The Bertz CT molecular complexity index is 397. The second kappa shape index (κ2) is 7.45. The maximum Gasteiger partial charge on any atom is 0.412 e. The van der Waals surface area contributed by atoms with E-state index in [0.29, 0.717) is 0 Å². The number of rotatable bonds is 5. The summed E-state index contributed by atoms with van der Waals surface area (Å²) in [5.74, 6) is -0.148. The molecule has 0 unspecified atom stereocenters. The third-order valence-corrected chi connectivity index (χ3v) is 3.10. The van der Waals surface area contributed by atoms with Crippen molar-refractivity contribution in [3.63, 3.8) is 0 Å². The summed E-state index contributed by atoms with van der Waals surface area (Å²) >= 11 is 0. The molecule has 0 N–H and O–H groups in total. The number of hydrogen-bond donors (Lipinski definition) is 0. The topological polar surface area (TPSA) is 59.1 Å². The second-order valence-corrected chi connectivity index (χ2v) is 5.91. The Labute approximate surface area is 126 Å². The summed E-state index contributed by atoms with van der Waals surface area (Å²) in [5, 5.41) is 0. The number of nitrogens with zero attached hydrogens (tertiary/aromatic N) is 2. The van der Waals surface area contributed by atoms with E-state index in [1.165, 1.54) is 11.0 Å². The molecule has 120 valence electrons. The number of carbonyl (C=O) groups excluding carboxylic acids is 2. The third-order valence-electron chi connectivity index (χ3n) is 3.10. The Morgan fingerprint density at radius 1 is 1.33 bits per heavy atom. The molecule has 0 aromatic carbocycles. The summed E-state index contributed by atoms with van der Waals surface area (Å²) in [6, 6.07) is -0.605. The van der Waals surface area contributed by atoms with Gasteiger partial charge in [0.05, 0.1) is 6.61 Å². The van der Waals surface area contributed by atoms with Gasteiger partial charge in [0.25, 0.3) is 0 Å². The Hall–Kier alpha value is -1.56. The van der Waals surface area contributed by atoms with Crippen LogP contribution >= 0.6 is 0 Å². The van der Waals surface area contributed by atoms with Gasteiger partial charge in [0.15, 0.2) is 5.78 Å². The number of ether oxygens (including phenoxy) is 2. The maximum absolute atomic E-state index is 12.2. The first-order valence-corrected chi connectivity index (χ1v) is 7.32. The lowest BCUT2D eigenvalue weighted by molar-refractivity contribution is -0.118. The normalized spacial score (nSPS) is 19.1. The Balaban J connectivity index is 2.68. The van der Waals surface area contributed by atoms with Crippen LogP contribution in [-0.2, 0) is 14.3 Å². The summed E-state index contributed by atoms with van der Waals surface area (Å²) in [4.78, 5) is 27.6. The largest absolute Gasteiger partial charge is 0.444 e. The first kappa shape index (κ1) is 17.5. The molecule has 1 fully saturated rings. The van der Waals surface area contributed by atoms with E-state index in [9.17, 15) is 9.59 Å². The van der Waals surface area contributed by atoms with Crippen LogP contribution < -0.4 is 0 Å². The molecule has 1 saturated heterocycles. The molecule has 0 aliphatic carbocycles. The van der Waals surface area contributed by atoms with Gasteiger partial charge in [-0.15, -0.1) is 0 Å². The van der Waals surface area contributed by atoms with E-state index in [-0.39, 0.29) is 19.1 Å². The quantitative estimate of drug-likeness (QED) is 0.727. The highest BCUT2D eigenvalue weighted by Crippen LogP contribution is 2.17. The minimum Gasteiger partial charge on any atom is -0.444 e. The fourth-order valence-corrected chi connectivity index (χ4v) is 1.90. The summed E-state index contributed by atoms with van der Waals surface area (Å²) in [6.07, 6.45) is 2.74. The highest BCUT2D eigenvalue weighted by Gasteiger charge is 2.36. The van der Waals surface area contributed by atoms with Crippen molar-refractivity contribution in [3.05, 3.63) is 12.3 Å². The van der Waals surface area contributed by atoms with E-state index in [2.05, 4.69) is 0 Å². The minimum atomic E-state index is -0.605. The smallest absolute Gasteiger partial charge is 0.412 e. The highest BCUT2D eigenvalue weighted by molar-refractivity contribution is 5.96. The number of carbonyl (C=O) groups is 2. The molecule has 0 radical (unpaired) electrons. The van der Waals surface area contributed by atoms with Gasteiger partial charge in [0.1, 0.15) is 18.4 Å². The van der Waals surface area contributed by atoms with Gasteiger partial charge >= 0.3 is 6.09 Å². The van der Waals surface area contributed by atoms with Gasteiger partial charge in [-0.2, -0.15) is 0 Å². The Kier molecular flexibility index (Phi) is 6.20. The first-order valence-electron chi connectivity index (χ1n) is 7.32. The summed E-state index contributed by atoms with van der Waals surface area (Å²) < 4.78 is 10.5. The van der Waals surface area contributed by atoms with Crippen LogP contribution in [0.2, 0.25) is 0 Å². The van der Waals surface area contributed by atoms with Crippen LogP contribution in [0.15, 0.2) is 12.3 Å². The minimum absolute atomic E-state index is 0.0877. The van der Waals surface area contributed by atoms with E-state index in [1.807, 2.05) is 18.7 Å². The fraction of sp³-hybridized carbons (Fsp3) is 0.733. The number of ketones is 1. The van der Waals surface area contributed by atoms with Crippen molar-refractivity contribution in [2.24, 2.45) is 0 Å². The molecule has 6 heteroatoms. The second-order valence-electron chi connectivity index (χ2n) is 5.91. The molecule has 6 nitrogen and oxygen atoms in total. The maximum atomic E-state index is 12.2. The van der Waals surface area contributed by atoms with Gasteiger partial charge in [-0.3, -0.25) is 9.69 Å². The lowest BCUT2D eigenvalue weighted by Gasteiger charge is -2.26. The molecule has 1 rings (SSSR count). The molecule has 0 saturated carbocycles. The Morgan fingerprint density at radius 3 is 2.48 bits per heavy atom. The summed E-state index contributed by atoms with van der Waals surface area (Å²) in [5.41, 5.74) is -0.593. The van der Waals surface area contributed by atoms with Crippen LogP contribution in [0.3, 0.4) is 0 Å². The van der Waals surface area contributed by atoms with Gasteiger partial charge in [0, 0.05) is 19.3 Å². The molecule has 0 aromatic rings. The predicted octanol–water partition coefficient (Wildman–Crippen LogP) is 2.00. The average molecular weight is 298 g/mol. The highest BCUT2D eigenvalue weighted by atomic mass is 16.6. The molecule has 21 heavy (non-hydrogen) atoms. The molecule has 1 heterocycles. The zero-order valence-corrected chi connectivity index (χ0v) is 13.6. The van der Waals surface area contributed by atoms with Crippen LogP contribution in [0.5, 0.6) is 0 Å². The molecular weight excluding hydrogens is 272 g/mol. The monoisotopic (exact) mass is 298 g/mol. The van der Waals surface area contributed by atoms with Crippen LogP contribution in [0.4, 0.5) is 4.79 Å². The standard InChI is InChI=1S/C15H26N2O4/c1-6-16(7-2)9-8-13(18)12-10-20-11-17(12)14(19)21-15(3,4)5/h8-9,12H,6-7,10-11H2,1-5H3/b9-8+/t12-/m0/s1. The van der Waals surface area contributed by atoms with Gasteiger partial charge in [-0.05, 0) is 40.7 Å². The van der Waals surface area contributed by atoms with Crippen LogP contribution in [-0.4, -0.2) is 59.7 Å². The molecule has 1 atom stereocenters. The van der Waals surface area contributed by atoms with Crippen LogP contribution in [0, 0.1) is 0 Å². The van der Waals surface area contributed by atoms with E-state index < -0.39 is 17.7 Å². The van der Waals surface area contributed by atoms with Gasteiger partial charge in [-0.25, -0.2) is 4.79 Å². The molecule has 0 spiro atoms. The van der Waals surface area contributed by atoms with Crippen LogP contribution in [0.1, 0.15) is 34.6 Å². The molecular formula is C15H26N2O4. The molecule has 1 amide bonds. The van der Waals surface area contributed by atoms with E-state index in [1.54, 1.807) is 27.0 Å². The van der Waals surface area contributed by atoms with Crippen molar-refractivity contribution >= 4 is 11.9 Å². The SMILES string of the molecule is CCN(/C=C/C(=O)[C@@H]1COCN1C(=O)OC(C)(C)C)CC. The number of amides is 1. The Morgan fingerprint density at radius 2 is 1.95 bits per heavy atom. The molecule has 1 aliphatic rings. The summed E-state index contributed by atoms with van der Waals surface area (Å²) in [6.45, 7) is 11.4. The van der Waals surface area contributed by atoms with Crippen molar-refractivity contribution in [2.45, 2.75) is 46.3 Å². The third kappa shape index (κ3) is 5.38. The van der Waals surface area contributed by atoms with E-state index in [0.717, 1.165) is 13.1 Å². The van der Waals surface area contributed by atoms with E-state index >= 15 is 0 Å². The van der Waals surface area contributed by atoms with Crippen molar-refractivity contribution in [1.29, 1.82) is 0 Å². The first-order chi connectivity index (χ1) is 9.78. The van der Waals surface area contributed by atoms with Crippen molar-refractivity contribution in [2.75, 3.05) is 26.4 Å². The average Bonchev–Trinajstić information content (AvgIpc) is 2.87. The molecule has 0 bridgehead atoms. The lowest BCUT2D eigenvalue weighted by Crippen LogP contribution is -2.44. The van der Waals surface area contributed by atoms with Gasteiger partial charge < -0.3 is 14.4 Å². The zero-order chi connectivity index (χ0) is 16.0. The predicted molar refractivity (Wildman–Crippen MR) is 79.7 cm³/mol. The zero-order valence-electron chi connectivity index (χ0n) is 13.6. The lowest BCUT2D eigenvalue weighted by atomic mass is 10.2. The number of hydrogen-bond acceptors (Lipinski definition) is 5. The molecule has 0 aromatic heterocycles. The van der Waals surface area contributed by atoms with Crippen molar-refractivity contribution in [3.8, 4) is 0 Å². The van der Waals surface area contributed by atoms with Crippen molar-refractivity contribution in [1.82, 2.24) is 9.80 Å². The van der Waals surface area contributed by atoms with Gasteiger partial charge in [-0.1, -0.05) is 0 Å². The van der Waals surface area contributed by atoms with Gasteiger partial charge in [0.2, 0.25) is 0 Å². The fourth-order valence-electron chi connectivity index (χ4n) is 1.90. The van der Waals surface area contributed by atoms with Crippen LogP contribution in [0.25, 0.3) is 0 Å².